The summed E-state index contributed by atoms with van der Waals surface area (Å²) in [6.45, 7) is -0.0286. The van der Waals surface area contributed by atoms with Gasteiger partial charge in [0, 0.05) is 28.2 Å². The molecule has 55 heavy (non-hydrogen) atoms. The van der Waals surface area contributed by atoms with Crippen molar-refractivity contribution in [2.24, 2.45) is 0 Å². The molecule has 6 heterocycles. The number of para-hydroxylation sites is 1. The van der Waals surface area contributed by atoms with Gasteiger partial charge in [-0.1, -0.05) is 115 Å². The molecule has 0 bridgehead atoms. The van der Waals surface area contributed by atoms with E-state index in [1.807, 2.05) is 12.5 Å². The van der Waals surface area contributed by atoms with Crippen molar-refractivity contribution in [1.82, 2.24) is 0 Å². The van der Waals surface area contributed by atoms with E-state index in [1.54, 1.807) is 0 Å². The van der Waals surface area contributed by atoms with Crippen LogP contribution in [-0.2, 0) is 0 Å². The Hall–Kier alpha value is -6.97. The van der Waals surface area contributed by atoms with E-state index in [9.17, 15) is 0 Å². The number of furan rings is 2. The van der Waals surface area contributed by atoms with Crippen molar-refractivity contribution >= 4 is 128 Å². The van der Waals surface area contributed by atoms with E-state index in [0.717, 1.165) is 11.3 Å². The highest BCUT2D eigenvalue weighted by Gasteiger charge is 2.52. The average molecular weight is 693 g/mol. The highest BCUT2D eigenvalue weighted by atomic mass is 16.3. The highest BCUT2D eigenvalue weighted by molar-refractivity contribution is 7.05. The normalized spacial score (nSPS) is 14.1. The van der Waals surface area contributed by atoms with Crippen LogP contribution in [0.15, 0.2) is 161 Å². The lowest BCUT2D eigenvalue weighted by molar-refractivity contribution is 0.601. The molecule has 0 atom stereocenters. The van der Waals surface area contributed by atoms with E-state index in [-0.39, 0.29) is 13.4 Å². The summed E-state index contributed by atoms with van der Waals surface area (Å²) in [7, 11) is 0. The zero-order valence-corrected chi connectivity index (χ0v) is 29.4. The summed E-state index contributed by atoms with van der Waals surface area (Å²) in [6.07, 6.45) is 3.79. The van der Waals surface area contributed by atoms with Gasteiger partial charge in [0.1, 0.15) is 0 Å². The number of hydrogen-bond acceptors (Lipinski definition) is 3. The predicted octanol–water partition coefficient (Wildman–Crippen LogP) is 8.88. The van der Waals surface area contributed by atoms with Crippen LogP contribution in [0.5, 0.6) is 0 Å². The van der Waals surface area contributed by atoms with Gasteiger partial charge in [-0.15, -0.1) is 0 Å². The molecule has 11 aromatic rings. The first-order chi connectivity index (χ1) is 27.3. The molecule has 0 radical (unpaired) electrons. The molecule has 0 aliphatic carbocycles. The van der Waals surface area contributed by atoms with Gasteiger partial charge >= 0.3 is 0 Å². The second-order valence-corrected chi connectivity index (χ2v) is 15.8. The molecule has 2 aromatic heterocycles. The number of hydrogen-bond donors (Lipinski definition) is 0. The van der Waals surface area contributed by atoms with Gasteiger partial charge in [0.15, 0.2) is 0 Å². The molecule has 0 N–H and O–H groups in total. The summed E-state index contributed by atoms with van der Waals surface area (Å²) >= 11 is 0. The molecule has 0 spiro atoms. The molecule has 0 unspecified atom stereocenters. The Balaban J connectivity index is 1.19. The summed E-state index contributed by atoms with van der Waals surface area (Å²) < 4.78 is 13.1. The summed E-state index contributed by atoms with van der Waals surface area (Å²) in [6, 6.07) is 52.2. The Bertz CT molecular complexity index is 3410. The highest BCUT2D eigenvalue weighted by Crippen LogP contribution is 2.51. The summed E-state index contributed by atoms with van der Waals surface area (Å²) in [5.74, 6) is 0. The molecule has 0 saturated carbocycles. The van der Waals surface area contributed by atoms with Crippen molar-refractivity contribution in [3.05, 3.63) is 152 Å². The molecule has 3 nitrogen and oxygen atoms in total. The zero-order valence-electron chi connectivity index (χ0n) is 29.4. The fourth-order valence-electron chi connectivity index (χ4n) is 11.7. The Kier molecular flexibility index (Phi) is 4.62. The van der Waals surface area contributed by atoms with Gasteiger partial charge in [-0.3, -0.25) is 0 Å². The molecule has 15 rings (SSSR count). The maximum Gasteiger partial charge on any atom is 0.293 e. The lowest BCUT2D eigenvalue weighted by Crippen LogP contribution is -2.62. The van der Waals surface area contributed by atoms with Crippen molar-refractivity contribution in [3.8, 4) is 22.3 Å². The van der Waals surface area contributed by atoms with E-state index >= 15 is 0 Å². The first kappa shape index (κ1) is 27.6. The van der Waals surface area contributed by atoms with E-state index in [1.165, 1.54) is 126 Å². The Morgan fingerprint density at radius 3 is 1.20 bits per heavy atom. The molecule has 0 fully saturated rings. The Morgan fingerprint density at radius 2 is 0.764 bits per heavy atom. The summed E-state index contributed by atoms with van der Waals surface area (Å²) in [5.41, 5.74) is 16.1. The third-order valence-electron chi connectivity index (χ3n) is 13.6. The largest absolute Gasteiger partial charge is 0.478 e. The number of nitrogens with zero attached hydrogens (tertiary/aromatic N) is 1. The lowest BCUT2D eigenvalue weighted by Gasteiger charge is -2.42. The second-order valence-electron chi connectivity index (χ2n) is 15.8. The zero-order chi connectivity index (χ0) is 35.3. The van der Waals surface area contributed by atoms with Crippen LogP contribution in [0.25, 0.3) is 86.9 Å². The number of rotatable bonds is 0. The van der Waals surface area contributed by atoms with Crippen LogP contribution in [0.2, 0.25) is 0 Å². The molecular formula is C50H25B2NO2. The fourth-order valence-corrected chi connectivity index (χ4v) is 11.7. The van der Waals surface area contributed by atoms with Gasteiger partial charge in [0.25, 0.3) is 13.4 Å². The lowest BCUT2D eigenvalue weighted by atomic mass is 9.34. The topological polar surface area (TPSA) is 29.5 Å². The minimum Gasteiger partial charge on any atom is -0.478 e. The number of anilines is 3. The van der Waals surface area contributed by atoms with Gasteiger partial charge in [-0.05, 0) is 122 Å². The predicted molar refractivity (Wildman–Crippen MR) is 231 cm³/mol. The summed E-state index contributed by atoms with van der Waals surface area (Å²) in [5, 5.41) is 15.4. The SMILES string of the molecule is c1cc2c3c(c1)B1c4occc4-c4c1c(cc1c5ccccc5c5ccccc5c41)N3c1cc3c4ccccc4c4ccccc4c3c3c1B2c1occc1-3. The van der Waals surface area contributed by atoms with Crippen molar-refractivity contribution < 1.29 is 8.83 Å². The molecule has 0 amide bonds. The average Bonchev–Trinajstić information content (AvgIpc) is 4.04. The maximum absolute atomic E-state index is 6.57. The second kappa shape index (κ2) is 9.21. The van der Waals surface area contributed by atoms with Gasteiger partial charge < -0.3 is 13.7 Å². The van der Waals surface area contributed by atoms with Crippen LogP contribution >= 0.6 is 0 Å². The van der Waals surface area contributed by atoms with E-state index in [0.29, 0.717) is 0 Å². The molecule has 4 aliphatic rings. The molecule has 5 heteroatoms. The minimum atomic E-state index is -0.0143. The van der Waals surface area contributed by atoms with Gasteiger partial charge in [0.2, 0.25) is 0 Å². The Labute approximate surface area is 315 Å². The van der Waals surface area contributed by atoms with Gasteiger partial charge in [-0.2, -0.15) is 0 Å². The molecule has 0 saturated heterocycles. The van der Waals surface area contributed by atoms with Crippen LogP contribution in [-0.4, -0.2) is 13.4 Å². The smallest absolute Gasteiger partial charge is 0.293 e. The third-order valence-corrected chi connectivity index (χ3v) is 13.6. The van der Waals surface area contributed by atoms with E-state index in [4.69, 9.17) is 8.83 Å². The maximum atomic E-state index is 6.57. The molecule has 9 aromatic carbocycles. The molecular weight excluding hydrogens is 668 g/mol. The van der Waals surface area contributed by atoms with Crippen LogP contribution in [0.4, 0.5) is 17.1 Å². The first-order valence-corrected chi connectivity index (χ1v) is 19.2. The van der Waals surface area contributed by atoms with Crippen molar-refractivity contribution in [1.29, 1.82) is 0 Å². The number of benzene rings is 9. The van der Waals surface area contributed by atoms with Crippen LogP contribution < -0.4 is 38.1 Å². The van der Waals surface area contributed by atoms with E-state index in [2.05, 4.69) is 144 Å². The van der Waals surface area contributed by atoms with Gasteiger partial charge in [-0.25, -0.2) is 0 Å². The Morgan fingerprint density at radius 1 is 0.382 bits per heavy atom. The number of fused-ring (bicyclic) bond motifs is 24. The van der Waals surface area contributed by atoms with Gasteiger partial charge in [0.05, 0.1) is 23.8 Å². The minimum absolute atomic E-state index is 0.0143. The quantitative estimate of drug-likeness (QED) is 0.117. The molecule has 4 aliphatic heterocycles. The standard InChI is InChI=1S/C50H25B2NO2/c1-3-14-30-26(10-1)28-12-5-7-16-32(28)42-36(30)24-40-46-44(42)34-20-22-54-49(34)51(46)38-18-9-19-39-48(38)53(40)41-25-37-31-15-4-2-11-27(31)29-13-6-8-17-33(29)43(37)45-35-21-23-55-50(35)52(39)47(41)45/h1-25H. The summed E-state index contributed by atoms with van der Waals surface area (Å²) in [4.78, 5) is 2.64. The monoisotopic (exact) mass is 693 g/mol. The van der Waals surface area contributed by atoms with Crippen molar-refractivity contribution in [3.63, 3.8) is 0 Å². The van der Waals surface area contributed by atoms with Crippen molar-refractivity contribution in [2.45, 2.75) is 0 Å². The fraction of sp³-hybridized carbons (Fsp3) is 0. The third kappa shape index (κ3) is 2.98. The molecule has 248 valence electrons. The van der Waals surface area contributed by atoms with E-state index < -0.39 is 0 Å². The van der Waals surface area contributed by atoms with Crippen LogP contribution in [0.1, 0.15) is 0 Å². The van der Waals surface area contributed by atoms with Crippen molar-refractivity contribution in [2.75, 3.05) is 4.90 Å². The first-order valence-electron chi connectivity index (χ1n) is 19.2. The van der Waals surface area contributed by atoms with Crippen LogP contribution in [0.3, 0.4) is 0 Å². The van der Waals surface area contributed by atoms with Crippen LogP contribution in [0, 0.1) is 0 Å².